The van der Waals surface area contributed by atoms with Crippen molar-refractivity contribution in [1.29, 1.82) is 0 Å². The molecule has 0 aliphatic carbocycles. The predicted octanol–water partition coefficient (Wildman–Crippen LogP) is 2.09. The van der Waals surface area contributed by atoms with Gasteiger partial charge >= 0.3 is 0 Å². The molecular weight excluding hydrogens is 408 g/mol. The second-order valence-electron chi connectivity index (χ2n) is 7.81. The molecule has 0 unspecified atom stereocenters. The number of benzene rings is 1. The van der Waals surface area contributed by atoms with Crippen molar-refractivity contribution in [3.8, 4) is 0 Å². The Kier molecular flexibility index (Phi) is 6.74. The van der Waals surface area contributed by atoms with Crippen molar-refractivity contribution < 1.29 is 14.4 Å². The first-order valence-corrected chi connectivity index (χ1v) is 10.9. The molecule has 1 aromatic carbocycles. The summed E-state index contributed by atoms with van der Waals surface area (Å²) < 4.78 is 1.99. The highest BCUT2D eigenvalue weighted by Crippen LogP contribution is 2.19. The summed E-state index contributed by atoms with van der Waals surface area (Å²) in [6.07, 6.45) is 5.98. The average Bonchev–Trinajstić information content (AvgIpc) is 3.16. The molecular formula is C23H26N6O3. The molecule has 4 rings (SSSR count). The van der Waals surface area contributed by atoms with E-state index in [4.69, 9.17) is 0 Å². The lowest BCUT2D eigenvalue weighted by molar-refractivity contribution is -0.121. The van der Waals surface area contributed by atoms with Gasteiger partial charge in [-0.2, -0.15) is 0 Å². The highest BCUT2D eigenvalue weighted by molar-refractivity contribution is 6.09. The molecule has 32 heavy (non-hydrogen) atoms. The smallest absolute Gasteiger partial charge is 0.254 e. The van der Waals surface area contributed by atoms with E-state index in [0.29, 0.717) is 17.8 Å². The molecule has 0 fully saturated rings. The van der Waals surface area contributed by atoms with E-state index in [0.717, 1.165) is 37.2 Å². The summed E-state index contributed by atoms with van der Waals surface area (Å²) in [6, 6.07) is 11.9. The summed E-state index contributed by atoms with van der Waals surface area (Å²) in [6.45, 7) is 0.577. The third-order valence-corrected chi connectivity index (χ3v) is 5.50. The third kappa shape index (κ3) is 5.11. The number of nitrogens with one attached hydrogen (secondary N) is 3. The van der Waals surface area contributed by atoms with Gasteiger partial charge in [0, 0.05) is 25.6 Å². The van der Waals surface area contributed by atoms with E-state index < -0.39 is 6.04 Å². The Hall–Kier alpha value is -3.75. The van der Waals surface area contributed by atoms with E-state index >= 15 is 0 Å². The Balaban J connectivity index is 1.14. The van der Waals surface area contributed by atoms with Crippen LogP contribution in [0.25, 0.3) is 5.65 Å². The number of amides is 3. The summed E-state index contributed by atoms with van der Waals surface area (Å²) in [7, 11) is 0. The van der Waals surface area contributed by atoms with Gasteiger partial charge in [0.1, 0.15) is 11.9 Å². The van der Waals surface area contributed by atoms with Gasteiger partial charge in [0.15, 0.2) is 5.65 Å². The maximum absolute atomic E-state index is 12.4. The second-order valence-corrected chi connectivity index (χ2v) is 7.81. The van der Waals surface area contributed by atoms with Gasteiger partial charge in [-0.05, 0) is 43.5 Å². The summed E-state index contributed by atoms with van der Waals surface area (Å²) in [5, 5.41) is 16.7. The van der Waals surface area contributed by atoms with Gasteiger partial charge in [-0.15, -0.1) is 10.2 Å². The number of nitrogens with zero attached hydrogens (tertiary/aromatic N) is 3. The summed E-state index contributed by atoms with van der Waals surface area (Å²) >= 11 is 0. The first-order chi connectivity index (χ1) is 15.6. The van der Waals surface area contributed by atoms with Crippen LogP contribution in [0, 0.1) is 0 Å². The van der Waals surface area contributed by atoms with Crippen molar-refractivity contribution in [3.63, 3.8) is 0 Å². The molecule has 3 heterocycles. The summed E-state index contributed by atoms with van der Waals surface area (Å²) in [5.41, 5.74) is 1.75. The van der Waals surface area contributed by atoms with E-state index in [1.807, 2.05) is 28.8 Å². The Labute approximate surface area is 185 Å². The molecule has 9 nitrogen and oxygen atoms in total. The zero-order chi connectivity index (χ0) is 22.3. The standard InChI is InChI=1S/C23H26N6O3/c30-21(13-12-18-23(32)25-17-9-4-3-8-16(17)22(31)26-18)24-14-6-1-2-10-19-27-28-20-11-5-7-15-29(19)20/h3-5,7-9,11,15,18H,1-2,6,10,12-14H2,(H,24,30)(H,25,32)(H,26,31)/t18-/m1/s1. The minimum absolute atomic E-state index is 0.128. The average molecular weight is 435 g/mol. The lowest BCUT2D eigenvalue weighted by Crippen LogP contribution is -2.42. The van der Waals surface area contributed by atoms with Gasteiger partial charge in [-0.25, -0.2) is 0 Å². The zero-order valence-electron chi connectivity index (χ0n) is 17.7. The lowest BCUT2D eigenvalue weighted by atomic mass is 10.1. The van der Waals surface area contributed by atoms with Crippen LogP contribution in [0.4, 0.5) is 5.69 Å². The summed E-state index contributed by atoms with van der Waals surface area (Å²) in [4.78, 5) is 36.9. The number of carbonyl (C=O) groups is 3. The van der Waals surface area contributed by atoms with Crippen LogP contribution < -0.4 is 16.0 Å². The number of fused-ring (bicyclic) bond motifs is 2. The molecule has 3 N–H and O–H groups in total. The number of carbonyl (C=O) groups excluding carboxylic acids is 3. The molecule has 0 saturated heterocycles. The molecule has 1 aliphatic heterocycles. The molecule has 1 aliphatic rings. The maximum atomic E-state index is 12.4. The fourth-order valence-corrected chi connectivity index (χ4v) is 3.75. The van der Waals surface area contributed by atoms with Crippen molar-refractivity contribution in [2.45, 2.75) is 44.6 Å². The molecule has 3 amide bonds. The number of aryl methyl sites for hydroxylation is 1. The Bertz CT molecular complexity index is 1130. The van der Waals surface area contributed by atoms with Gasteiger partial charge in [-0.3, -0.25) is 18.8 Å². The lowest BCUT2D eigenvalue weighted by Gasteiger charge is -2.14. The largest absolute Gasteiger partial charge is 0.356 e. The number of unbranched alkanes of at least 4 members (excludes halogenated alkanes) is 2. The number of para-hydroxylation sites is 1. The molecule has 0 bridgehead atoms. The van der Waals surface area contributed by atoms with Crippen LogP contribution in [0.2, 0.25) is 0 Å². The highest BCUT2D eigenvalue weighted by atomic mass is 16.2. The van der Waals surface area contributed by atoms with E-state index in [1.165, 1.54) is 0 Å². The Morgan fingerprint density at radius 2 is 1.88 bits per heavy atom. The number of pyridine rings is 1. The van der Waals surface area contributed by atoms with Gasteiger partial charge in [0.05, 0.1) is 11.3 Å². The monoisotopic (exact) mass is 434 g/mol. The van der Waals surface area contributed by atoms with E-state index in [2.05, 4.69) is 26.1 Å². The van der Waals surface area contributed by atoms with Crippen LogP contribution in [0.5, 0.6) is 0 Å². The summed E-state index contributed by atoms with van der Waals surface area (Å²) in [5.74, 6) is 0.190. The molecule has 0 spiro atoms. The fraction of sp³-hybridized carbons (Fsp3) is 0.348. The highest BCUT2D eigenvalue weighted by Gasteiger charge is 2.27. The molecule has 0 saturated carbocycles. The first kappa shape index (κ1) is 21.5. The topological polar surface area (TPSA) is 117 Å². The van der Waals surface area contributed by atoms with Crippen molar-refractivity contribution >= 4 is 29.1 Å². The van der Waals surface area contributed by atoms with Gasteiger partial charge in [0.25, 0.3) is 5.91 Å². The number of hydrogen-bond acceptors (Lipinski definition) is 5. The van der Waals surface area contributed by atoms with Crippen LogP contribution in [-0.4, -0.2) is 44.9 Å². The van der Waals surface area contributed by atoms with Crippen molar-refractivity contribution in [2.24, 2.45) is 0 Å². The SMILES string of the molecule is O=C(CC[C@H]1NC(=O)c2ccccc2NC1=O)NCCCCCc1nnc2ccccn12. The molecule has 0 radical (unpaired) electrons. The van der Waals surface area contributed by atoms with Crippen molar-refractivity contribution in [1.82, 2.24) is 25.2 Å². The van der Waals surface area contributed by atoms with Gasteiger partial charge < -0.3 is 16.0 Å². The Morgan fingerprint density at radius 1 is 1.03 bits per heavy atom. The van der Waals surface area contributed by atoms with Crippen LogP contribution in [0.3, 0.4) is 0 Å². The number of hydrogen-bond donors (Lipinski definition) is 3. The molecule has 9 heteroatoms. The van der Waals surface area contributed by atoms with Gasteiger partial charge in [-0.1, -0.05) is 24.6 Å². The second kappa shape index (κ2) is 10.0. The number of aromatic nitrogens is 3. The van der Waals surface area contributed by atoms with E-state index in [-0.39, 0.29) is 30.6 Å². The Morgan fingerprint density at radius 3 is 2.78 bits per heavy atom. The maximum Gasteiger partial charge on any atom is 0.254 e. The molecule has 2 aromatic heterocycles. The van der Waals surface area contributed by atoms with Crippen molar-refractivity contribution in [2.75, 3.05) is 11.9 Å². The fourth-order valence-electron chi connectivity index (χ4n) is 3.75. The third-order valence-electron chi connectivity index (χ3n) is 5.50. The minimum Gasteiger partial charge on any atom is -0.356 e. The van der Waals surface area contributed by atoms with Gasteiger partial charge in [0.2, 0.25) is 11.8 Å². The number of anilines is 1. The van der Waals surface area contributed by atoms with E-state index in [1.54, 1.807) is 24.3 Å². The molecule has 166 valence electrons. The van der Waals surface area contributed by atoms with Crippen LogP contribution in [0.15, 0.2) is 48.7 Å². The van der Waals surface area contributed by atoms with Crippen molar-refractivity contribution in [3.05, 3.63) is 60.0 Å². The number of rotatable bonds is 9. The predicted molar refractivity (Wildman–Crippen MR) is 119 cm³/mol. The zero-order valence-corrected chi connectivity index (χ0v) is 17.7. The first-order valence-electron chi connectivity index (χ1n) is 10.9. The van der Waals surface area contributed by atoms with Crippen LogP contribution >= 0.6 is 0 Å². The van der Waals surface area contributed by atoms with Crippen LogP contribution in [0.1, 0.15) is 48.3 Å². The molecule has 3 aromatic rings. The molecule has 1 atom stereocenters. The van der Waals surface area contributed by atoms with E-state index in [9.17, 15) is 14.4 Å². The minimum atomic E-state index is -0.737. The normalized spacial score (nSPS) is 15.6. The quantitative estimate of drug-likeness (QED) is 0.446. The van der Waals surface area contributed by atoms with Crippen LogP contribution in [-0.2, 0) is 16.0 Å².